The van der Waals surface area contributed by atoms with Gasteiger partial charge in [0.05, 0.1) is 26.5 Å². The van der Waals surface area contributed by atoms with E-state index in [1.807, 2.05) is 25.1 Å². The van der Waals surface area contributed by atoms with Gasteiger partial charge in [-0.15, -0.1) is 0 Å². The molecular weight excluding hydrogens is 334 g/mol. The van der Waals surface area contributed by atoms with E-state index in [0.29, 0.717) is 36.2 Å². The zero-order chi connectivity index (χ0) is 18.5. The summed E-state index contributed by atoms with van der Waals surface area (Å²) in [5.74, 6) is 1.66. The number of carbonyl (C=O) groups is 1. The molecule has 1 saturated heterocycles. The molecule has 138 valence electrons. The molecule has 7 nitrogen and oxygen atoms in total. The first-order valence-corrected chi connectivity index (χ1v) is 8.48. The van der Waals surface area contributed by atoms with Gasteiger partial charge >= 0.3 is 6.03 Å². The van der Waals surface area contributed by atoms with Crippen LogP contribution in [-0.2, 0) is 0 Å². The summed E-state index contributed by atoms with van der Waals surface area (Å²) in [6.45, 7) is 3.05. The van der Waals surface area contributed by atoms with Crippen LogP contribution in [0.2, 0.25) is 0 Å². The summed E-state index contributed by atoms with van der Waals surface area (Å²) in [7, 11) is 3.10. The Morgan fingerprint density at radius 1 is 1.19 bits per heavy atom. The molecule has 1 unspecified atom stereocenters. The molecule has 0 spiro atoms. The molecule has 1 aliphatic rings. The number of methoxy groups -OCH3 is 2. The van der Waals surface area contributed by atoms with Crippen LogP contribution in [0.4, 0.5) is 10.5 Å². The van der Waals surface area contributed by atoms with Crippen molar-refractivity contribution in [3.05, 3.63) is 42.1 Å². The summed E-state index contributed by atoms with van der Waals surface area (Å²) in [6, 6.07) is 10.8. The molecule has 0 bridgehead atoms. The molecule has 2 amide bonds. The van der Waals surface area contributed by atoms with Crippen molar-refractivity contribution in [3.8, 4) is 17.4 Å². The van der Waals surface area contributed by atoms with Gasteiger partial charge in [-0.1, -0.05) is 12.1 Å². The molecule has 3 rings (SSSR count). The number of amides is 2. The average molecular weight is 357 g/mol. The van der Waals surface area contributed by atoms with Crippen LogP contribution in [-0.4, -0.2) is 49.3 Å². The van der Waals surface area contributed by atoms with Crippen LogP contribution in [0.25, 0.3) is 0 Å². The van der Waals surface area contributed by atoms with Gasteiger partial charge in [0.1, 0.15) is 6.10 Å². The first-order chi connectivity index (χ1) is 12.6. The predicted molar refractivity (Wildman–Crippen MR) is 98.1 cm³/mol. The van der Waals surface area contributed by atoms with E-state index in [2.05, 4.69) is 10.3 Å². The van der Waals surface area contributed by atoms with Gasteiger partial charge in [0.2, 0.25) is 5.88 Å². The fraction of sp³-hybridized carbons (Fsp3) is 0.368. The third-order valence-electron chi connectivity index (χ3n) is 4.23. The van der Waals surface area contributed by atoms with Gasteiger partial charge < -0.3 is 24.4 Å². The number of carbonyl (C=O) groups excluding carboxylic acids is 1. The Hall–Kier alpha value is -2.96. The van der Waals surface area contributed by atoms with Crippen LogP contribution < -0.4 is 19.5 Å². The Balaban J connectivity index is 1.61. The smallest absolute Gasteiger partial charge is 0.322 e. The first kappa shape index (κ1) is 17.8. The molecule has 26 heavy (non-hydrogen) atoms. The topological polar surface area (TPSA) is 72.9 Å². The second-order valence-electron chi connectivity index (χ2n) is 6.06. The number of hydrogen-bond donors (Lipinski definition) is 1. The Bertz CT molecular complexity index is 781. The second-order valence-corrected chi connectivity index (χ2v) is 6.06. The molecule has 2 heterocycles. The van der Waals surface area contributed by atoms with Crippen molar-refractivity contribution in [2.24, 2.45) is 0 Å². The molecule has 0 radical (unpaired) electrons. The summed E-state index contributed by atoms with van der Waals surface area (Å²) in [4.78, 5) is 18.6. The molecule has 1 aliphatic heterocycles. The number of urea groups is 1. The molecule has 1 aromatic heterocycles. The zero-order valence-electron chi connectivity index (χ0n) is 15.2. The Morgan fingerprint density at radius 2 is 2.00 bits per heavy atom. The Kier molecular flexibility index (Phi) is 5.46. The molecule has 1 fully saturated rings. The highest BCUT2D eigenvalue weighted by atomic mass is 16.5. The van der Waals surface area contributed by atoms with Crippen LogP contribution in [0.15, 0.2) is 36.4 Å². The number of para-hydroxylation sites is 1. The monoisotopic (exact) mass is 357 g/mol. The number of hydrogen-bond acceptors (Lipinski definition) is 5. The number of benzene rings is 1. The molecule has 0 aliphatic carbocycles. The minimum absolute atomic E-state index is 0.0674. The Labute approximate surface area is 152 Å². The average Bonchev–Trinajstić information content (AvgIpc) is 3.10. The lowest BCUT2D eigenvalue weighted by atomic mass is 10.2. The van der Waals surface area contributed by atoms with E-state index in [1.165, 1.54) is 0 Å². The molecular formula is C19H23N3O4. The highest BCUT2D eigenvalue weighted by molar-refractivity contribution is 5.91. The van der Waals surface area contributed by atoms with E-state index in [1.54, 1.807) is 37.3 Å². The van der Waals surface area contributed by atoms with Crippen LogP contribution in [0, 0.1) is 6.92 Å². The van der Waals surface area contributed by atoms with Crippen molar-refractivity contribution >= 4 is 11.7 Å². The van der Waals surface area contributed by atoms with Crippen LogP contribution in [0.3, 0.4) is 0 Å². The standard InChI is InChI=1S/C19H23N3O4/c1-13-6-4-9-17(20-13)26-14-10-11-22(12-14)19(23)21-15-7-5-8-16(24-2)18(15)25-3/h4-9,14H,10-12H2,1-3H3,(H,21,23). The van der Waals surface area contributed by atoms with Crippen LogP contribution in [0.5, 0.6) is 17.4 Å². The molecule has 1 aromatic carbocycles. The summed E-state index contributed by atoms with van der Waals surface area (Å²) in [6.07, 6.45) is 0.695. The lowest BCUT2D eigenvalue weighted by Gasteiger charge is -2.19. The van der Waals surface area contributed by atoms with E-state index in [0.717, 1.165) is 12.1 Å². The third kappa shape index (κ3) is 3.99. The number of ether oxygens (including phenoxy) is 3. The number of rotatable bonds is 5. The number of pyridine rings is 1. The van der Waals surface area contributed by atoms with E-state index in [9.17, 15) is 4.79 Å². The minimum Gasteiger partial charge on any atom is -0.493 e. The van der Waals surface area contributed by atoms with Gasteiger partial charge in [-0.05, 0) is 25.1 Å². The number of aryl methyl sites for hydroxylation is 1. The summed E-state index contributed by atoms with van der Waals surface area (Å²) in [5.41, 5.74) is 1.47. The van der Waals surface area contributed by atoms with Crippen molar-refractivity contribution in [3.63, 3.8) is 0 Å². The molecule has 0 saturated carbocycles. The lowest BCUT2D eigenvalue weighted by molar-refractivity contribution is 0.189. The normalized spacial score (nSPS) is 16.3. The van der Waals surface area contributed by atoms with Crippen molar-refractivity contribution in [2.75, 3.05) is 32.6 Å². The second kappa shape index (κ2) is 7.95. The Morgan fingerprint density at radius 3 is 2.73 bits per heavy atom. The number of nitrogens with zero attached hydrogens (tertiary/aromatic N) is 2. The number of nitrogens with one attached hydrogen (secondary N) is 1. The van der Waals surface area contributed by atoms with Gasteiger partial charge in [-0.25, -0.2) is 9.78 Å². The SMILES string of the molecule is COc1cccc(NC(=O)N2CCC(Oc3cccc(C)n3)C2)c1OC. The molecule has 1 atom stereocenters. The highest BCUT2D eigenvalue weighted by Gasteiger charge is 2.28. The van der Waals surface area contributed by atoms with E-state index < -0.39 is 0 Å². The van der Waals surface area contributed by atoms with Crippen LogP contribution >= 0.6 is 0 Å². The van der Waals surface area contributed by atoms with Crippen molar-refractivity contribution in [1.29, 1.82) is 0 Å². The van der Waals surface area contributed by atoms with E-state index >= 15 is 0 Å². The van der Waals surface area contributed by atoms with Crippen molar-refractivity contribution in [2.45, 2.75) is 19.4 Å². The minimum atomic E-state index is -0.195. The maximum atomic E-state index is 12.6. The fourth-order valence-corrected chi connectivity index (χ4v) is 2.94. The maximum Gasteiger partial charge on any atom is 0.322 e. The summed E-state index contributed by atoms with van der Waals surface area (Å²) < 4.78 is 16.5. The molecule has 1 N–H and O–H groups in total. The van der Waals surface area contributed by atoms with Gasteiger partial charge in [-0.3, -0.25) is 0 Å². The molecule has 7 heteroatoms. The largest absolute Gasteiger partial charge is 0.493 e. The number of likely N-dealkylation sites (tertiary alicyclic amines) is 1. The van der Waals surface area contributed by atoms with Gasteiger partial charge in [-0.2, -0.15) is 0 Å². The number of anilines is 1. The predicted octanol–water partition coefficient (Wildman–Crippen LogP) is 3.09. The van der Waals surface area contributed by atoms with Gasteiger partial charge in [0, 0.05) is 24.7 Å². The van der Waals surface area contributed by atoms with E-state index in [4.69, 9.17) is 14.2 Å². The highest BCUT2D eigenvalue weighted by Crippen LogP contribution is 2.35. The number of aromatic nitrogens is 1. The van der Waals surface area contributed by atoms with Gasteiger partial charge in [0.15, 0.2) is 11.5 Å². The van der Waals surface area contributed by atoms with E-state index in [-0.39, 0.29) is 12.1 Å². The fourth-order valence-electron chi connectivity index (χ4n) is 2.94. The van der Waals surface area contributed by atoms with Crippen LogP contribution in [0.1, 0.15) is 12.1 Å². The summed E-state index contributed by atoms with van der Waals surface area (Å²) >= 11 is 0. The lowest BCUT2D eigenvalue weighted by Crippen LogP contribution is -2.34. The maximum absolute atomic E-state index is 12.6. The van der Waals surface area contributed by atoms with Gasteiger partial charge in [0.25, 0.3) is 0 Å². The third-order valence-corrected chi connectivity index (χ3v) is 4.23. The van der Waals surface area contributed by atoms with Crippen molar-refractivity contribution < 1.29 is 19.0 Å². The zero-order valence-corrected chi connectivity index (χ0v) is 15.2. The first-order valence-electron chi connectivity index (χ1n) is 8.48. The van der Waals surface area contributed by atoms with Crippen molar-refractivity contribution in [1.82, 2.24) is 9.88 Å². The molecule has 2 aromatic rings. The summed E-state index contributed by atoms with van der Waals surface area (Å²) in [5, 5.41) is 2.88. The quantitative estimate of drug-likeness (QED) is 0.890.